The van der Waals surface area contributed by atoms with Crippen molar-refractivity contribution < 1.29 is 0 Å². The monoisotopic (exact) mass is 155 g/mol. The second-order valence-electron chi connectivity index (χ2n) is 3.85. The third-order valence-corrected chi connectivity index (χ3v) is 2.60. The van der Waals surface area contributed by atoms with Crippen LogP contribution in [0.2, 0.25) is 0 Å². The fourth-order valence-electron chi connectivity index (χ4n) is 1.75. The van der Waals surface area contributed by atoms with E-state index in [1.54, 1.807) is 0 Å². The highest BCUT2D eigenvalue weighted by atomic mass is 14.9. The highest BCUT2D eigenvalue weighted by molar-refractivity contribution is 4.60. The Labute approximate surface area is 70.6 Å². The lowest BCUT2D eigenvalue weighted by Gasteiger charge is -1.91. The highest BCUT2D eigenvalue weighted by Gasteiger charge is 2.07. The van der Waals surface area contributed by atoms with E-state index in [2.05, 4.69) is 12.2 Å². The van der Waals surface area contributed by atoms with Crippen molar-refractivity contribution in [3.05, 3.63) is 0 Å². The molecule has 0 unspecified atom stereocenters. The first-order valence-corrected chi connectivity index (χ1v) is 5.10. The van der Waals surface area contributed by atoms with Gasteiger partial charge in [0.1, 0.15) is 0 Å². The number of hydrogen-bond donors (Lipinski definition) is 1. The van der Waals surface area contributed by atoms with Gasteiger partial charge in [-0.15, -0.1) is 0 Å². The van der Waals surface area contributed by atoms with Crippen molar-refractivity contribution in [2.45, 2.75) is 45.4 Å². The minimum atomic E-state index is 1.05. The van der Waals surface area contributed by atoms with Gasteiger partial charge in [0.2, 0.25) is 0 Å². The van der Waals surface area contributed by atoms with Crippen molar-refractivity contribution in [1.29, 1.82) is 0 Å². The van der Waals surface area contributed by atoms with E-state index >= 15 is 0 Å². The Morgan fingerprint density at radius 2 is 1.45 bits per heavy atom. The molecule has 1 heterocycles. The molecule has 1 aliphatic carbocycles. The molecule has 0 aromatic rings. The normalized spacial score (nSPS) is 24.8. The smallest absolute Gasteiger partial charge is 0.00484 e. The molecule has 1 saturated carbocycles. The largest absolute Gasteiger partial charge is 0.317 e. The van der Waals surface area contributed by atoms with E-state index in [9.17, 15) is 0 Å². The van der Waals surface area contributed by atoms with Crippen molar-refractivity contribution in [1.82, 2.24) is 5.32 Å². The van der Waals surface area contributed by atoms with Crippen LogP contribution in [0.1, 0.15) is 45.4 Å². The van der Waals surface area contributed by atoms with Gasteiger partial charge in [0, 0.05) is 0 Å². The summed E-state index contributed by atoms with van der Waals surface area (Å²) in [6, 6.07) is 0. The molecule has 2 fully saturated rings. The zero-order chi connectivity index (χ0) is 7.94. The highest BCUT2D eigenvalue weighted by Crippen LogP contribution is 2.22. The maximum Gasteiger partial charge on any atom is -0.00484 e. The molecule has 0 atom stereocenters. The van der Waals surface area contributed by atoms with Gasteiger partial charge in [-0.3, -0.25) is 0 Å². The van der Waals surface area contributed by atoms with Gasteiger partial charge in [0.15, 0.2) is 0 Å². The molecule has 0 amide bonds. The summed E-state index contributed by atoms with van der Waals surface area (Å²) in [5.41, 5.74) is 0. The molecule has 0 spiro atoms. The van der Waals surface area contributed by atoms with Crippen LogP contribution in [0, 0.1) is 5.92 Å². The average Bonchev–Trinajstić information content (AvgIpc) is 2.57. The molecule has 66 valence electrons. The molecule has 0 bridgehead atoms. The van der Waals surface area contributed by atoms with E-state index < -0.39 is 0 Å². The maximum atomic E-state index is 3.22. The lowest BCUT2D eigenvalue weighted by molar-refractivity contribution is 0.612. The molecular formula is C10H21N. The van der Waals surface area contributed by atoms with Gasteiger partial charge < -0.3 is 5.32 Å². The van der Waals surface area contributed by atoms with Crippen molar-refractivity contribution in [3.8, 4) is 0 Å². The molecular weight excluding hydrogens is 134 g/mol. The fourth-order valence-corrected chi connectivity index (χ4v) is 1.75. The van der Waals surface area contributed by atoms with Crippen LogP contribution in [0.4, 0.5) is 0 Å². The van der Waals surface area contributed by atoms with E-state index in [1.165, 1.54) is 51.6 Å². The minimum Gasteiger partial charge on any atom is -0.317 e. The van der Waals surface area contributed by atoms with Crippen molar-refractivity contribution in [2.24, 2.45) is 5.92 Å². The standard InChI is InChI=1S/C6H12.C4H9N/c1-6-4-2-3-5-6;1-2-4-5-3-1/h6H,2-5H2,1H3;5H,1-4H2. The SMILES string of the molecule is C1CCNC1.CC1CCCC1. The van der Waals surface area contributed by atoms with E-state index in [0.29, 0.717) is 0 Å². The minimum absolute atomic E-state index is 1.05. The predicted octanol–water partition coefficient (Wildman–Crippen LogP) is 2.57. The molecule has 2 aliphatic rings. The third-order valence-electron chi connectivity index (χ3n) is 2.60. The van der Waals surface area contributed by atoms with Crippen molar-refractivity contribution >= 4 is 0 Å². The Hall–Kier alpha value is -0.0400. The van der Waals surface area contributed by atoms with E-state index in [-0.39, 0.29) is 0 Å². The van der Waals surface area contributed by atoms with Gasteiger partial charge in [0.05, 0.1) is 0 Å². The molecule has 11 heavy (non-hydrogen) atoms. The summed E-state index contributed by atoms with van der Waals surface area (Å²) in [7, 11) is 0. The lowest BCUT2D eigenvalue weighted by Crippen LogP contribution is -2.03. The van der Waals surface area contributed by atoms with E-state index in [4.69, 9.17) is 0 Å². The summed E-state index contributed by atoms with van der Waals surface area (Å²) < 4.78 is 0. The van der Waals surface area contributed by atoms with Gasteiger partial charge in [-0.1, -0.05) is 32.6 Å². The number of nitrogens with one attached hydrogen (secondary N) is 1. The second kappa shape index (κ2) is 5.59. The van der Waals surface area contributed by atoms with Gasteiger partial charge in [-0.2, -0.15) is 0 Å². The molecule has 0 aromatic carbocycles. The first kappa shape index (κ1) is 9.05. The number of hydrogen-bond acceptors (Lipinski definition) is 1. The van der Waals surface area contributed by atoms with Gasteiger partial charge in [0.25, 0.3) is 0 Å². The van der Waals surface area contributed by atoms with Crippen LogP contribution in [0.3, 0.4) is 0 Å². The first-order valence-electron chi connectivity index (χ1n) is 5.10. The van der Waals surface area contributed by atoms with Crippen LogP contribution in [-0.2, 0) is 0 Å². The van der Waals surface area contributed by atoms with Gasteiger partial charge in [-0.05, 0) is 31.8 Å². The molecule has 0 aromatic heterocycles. The zero-order valence-corrected chi connectivity index (χ0v) is 7.73. The predicted molar refractivity (Wildman–Crippen MR) is 49.7 cm³/mol. The van der Waals surface area contributed by atoms with Crippen molar-refractivity contribution in [3.63, 3.8) is 0 Å². The zero-order valence-electron chi connectivity index (χ0n) is 7.73. The second-order valence-corrected chi connectivity index (χ2v) is 3.85. The quantitative estimate of drug-likeness (QED) is 0.567. The average molecular weight is 155 g/mol. The van der Waals surface area contributed by atoms with Crippen LogP contribution >= 0.6 is 0 Å². The first-order chi connectivity index (χ1) is 5.39. The Balaban J connectivity index is 0.000000112. The Morgan fingerprint density at radius 3 is 1.64 bits per heavy atom. The van der Waals surface area contributed by atoms with E-state index in [1.807, 2.05) is 0 Å². The Kier molecular flexibility index (Phi) is 4.60. The topological polar surface area (TPSA) is 12.0 Å². The fraction of sp³-hybridized carbons (Fsp3) is 1.00. The van der Waals surface area contributed by atoms with Crippen LogP contribution in [0.5, 0.6) is 0 Å². The van der Waals surface area contributed by atoms with Crippen LogP contribution in [-0.4, -0.2) is 13.1 Å². The van der Waals surface area contributed by atoms with Crippen LogP contribution in [0.25, 0.3) is 0 Å². The maximum absolute atomic E-state index is 3.22. The third kappa shape index (κ3) is 4.41. The molecule has 1 aliphatic heterocycles. The Bertz CT molecular complexity index is 73.3. The van der Waals surface area contributed by atoms with Crippen LogP contribution < -0.4 is 5.32 Å². The molecule has 2 rings (SSSR count). The summed E-state index contributed by atoms with van der Waals surface area (Å²) >= 11 is 0. The van der Waals surface area contributed by atoms with Gasteiger partial charge in [-0.25, -0.2) is 0 Å². The Morgan fingerprint density at radius 1 is 0.909 bits per heavy atom. The molecule has 1 N–H and O–H groups in total. The van der Waals surface area contributed by atoms with Crippen molar-refractivity contribution in [2.75, 3.05) is 13.1 Å². The molecule has 1 saturated heterocycles. The molecule has 1 nitrogen and oxygen atoms in total. The van der Waals surface area contributed by atoms with Gasteiger partial charge >= 0.3 is 0 Å². The molecule has 0 radical (unpaired) electrons. The summed E-state index contributed by atoms with van der Waals surface area (Å²) in [6.07, 6.45) is 8.72. The summed E-state index contributed by atoms with van der Waals surface area (Å²) in [5.74, 6) is 1.05. The van der Waals surface area contributed by atoms with Crippen LogP contribution in [0.15, 0.2) is 0 Å². The lowest BCUT2D eigenvalue weighted by atomic mass is 10.2. The summed E-state index contributed by atoms with van der Waals surface area (Å²) in [4.78, 5) is 0. The summed E-state index contributed by atoms with van der Waals surface area (Å²) in [5, 5.41) is 3.22. The summed E-state index contributed by atoms with van der Waals surface area (Å²) in [6.45, 7) is 4.84. The number of rotatable bonds is 0. The van der Waals surface area contributed by atoms with E-state index in [0.717, 1.165) is 5.92 Å². The molecule has 1 heteroatoms.